The highest BCUT2D eigenvalue weighted by molar-refractivity contribution is 5.99. The maximum absolute atomic E-state index is 12.0. The molecule has 0 bridgehead atoms. The molecular weight excluding hydrogens is 324 g/mol. The van der Waals surface area contributed by atoms with E-state index in [1.165, 1.54) is 0 Å². The van der Waals surface area contributed by atoms with E-state index in [9.17, 15) is 4.79 Å². The molecule has 0 unspecified atom stereocenters. The molecule has 5 heteroatoms. The molecule has 1 aromatic carbocycles. The van der Waals surface area contributed by atoms with Gasteiger partial charge >= 0.3 is 0 Å². The molecule has 1 aliphatic carbocycles. The fourth-order valence-electron chi connectivity index (χ4n) is 2.74. The van der Waals surface area contributed by atoms with Crippen molar-refractivity contribution in [2.75, 3.05) is 17.7 Å². The molecule has 0 saturated heterocycles. The van der Waals surface area contributed by atoms with Crippen molar-refractivity contribution in [3.8, 4) is 11.8 Å². The second-order valence-corrected chi connectivity index (χ2v) is 6.27. The van der Waals surface area contributed by atoms with E-state index in [-0.39, 0.29) is 11.8 Å². The number of anilines is 2. The van der Waals surface area contributed by atoms with Crippen LogP contribution >= 0.6 is 0 Å². The average molecular weight is 342 g/mol. The molecule has 26 heavy (non-hydrogen) atoms. The molecule has 1 fully saturated rings. The highest BCUT2D eigenvalue weighted by atomic mass is 16.2. The number of carbonyl (C=O) groups excluding carboxylic acids is 1. The Balaban J connectivity index is 1.76. The first-order valence-corrected chi connectivity index (χ1v) is 8.59. The lowest BCUT2D eigenvalue weighted by Gasteiger charge is -2.09. The Morgan fingerprint density at radius 3 is 2.62 bits per heavy atom. The Bertz CT molecular complexity index is 1030. The van der Waals surface area contributed by atoms with E-state index in [4.69, 9.17) is 0 Å². The van der Waals surface area contributed by atoms with Crippen LogP contribution in [0, 0.1) is 17.8 Å². The van der Waals surface area contributed by atoms with Crippen LogP contribution in [0.1, 0.15) is 24.0 Å². The van der Waals surface area contributed by atoms with Gasteiger partial charge in [-0.05, 0) is 31.0 Å². The Kier molecular flexibility index (Phi) is 4.24. The highest BCUT2D eigenvalue weighted by Gasteiger charge is 2.29. The fraction of sp³-hybridized carbons (Fsp3) is 0.190. The van der Waals surface area contributed by atoms with E-state index >= 15 is 0 Å². The summed E-state index contributed by atoms with van der Waals surface area (Å²) in [5.74, 6) is 7.80. The lowest BCUT2D eigenvalue weighted by atomic mass is 10.1. The molecule has 1 saturated carbocycles. The molecule has 0 spiro atoms. The van der Waals surface area contributed by atoms with Crippen molar-refractivity contribution in [3.63, 3.8) is 0 Å². The Morgan fingerprint density at radius 1 is 1.08 bits per heavy atom. The molecule has 2 aromatic heterocycles. The third-order valence-corrected chi connectivity index (χ3v) is 4.32. The smallest absolute Gasteiger partial charge is 0.228 e. The lowest BCUT2D eigenvalue weighted by molar-refractivity contribution is -0.117. The van der Waals surface area contributed by atoms with Gasteiger partial charge in [-0.15, -0.1) is 0 Å². The van der Waals surface area contributed by atoms with Gasteiger partial charge in [-0.1, -0.05) is 30.0 Å². The van der Waals surface area contributed by atoms with Gasteiger partial charge in [0.15, 0.2) is 0 Å². The number of carbonyl (C=O) groups is 1. The number of amides is 1. The molecule has 5 nitrogen and oxygen atoms in total. The maximum atomic E-state index is 12.0. The Hall–Kier alpha value is -3.39. The minimum Gasteiger partial charge on any atom is -0.373 e. The molecule has 2 N–H and O–H groups in total. The number of hydrogen-bond donors (Lipinski definition) is 2. The van der Waals surface area contributed by atoms with Crippen LogP contribution < -0.4 is 10.6 Å². The van der Waals surface area contributed by atoms with Crippen molar-refractivity contribution in [2.24, 2.45) is 5.92 Å². The fourth-order valence-corrected chi connectivity index (χ4v) is 2.74. The van der Waals surface area contributed by atoms with Gasteiger partial charge in [-0.3, -0.25) is 4.79 Å². The summed E-state index contributed by atoms with van der Waals surface area (Å²) in [5, 5.41) is 7.75. The van der Waals surface area contributed by atoms with Crippen molar-refractivity contribution in [3.05, 3.63) is 59.9 Å². The van der Waals surface area contributed by atoms with Gasteiger partial charge in [0.25, 0.3) is 0 Å². The van der Waals surface area contributed by atoms with Crippen LogP contribution in [0.5, 0.6) is 0 Å². The van der Waals surface area contributed by atoms with Crippen molar-refractivity contribution in [1.82, 2.24) is 9.97 Å². The van der Waals surface area contributed by atoms with Gasteiger partial charge in [-0.25, -0.2) is 9.97 Å². The van der Waals surface area contributed by atoms with Gasteiger partial charge < -0.3 is 10.6 Å². The standard InChI is InChI=1S/C21H18N4O/c1-22-20-18-13-23-19(25-21(26)15-9-10-15)11-17(18)16(12-24-20)8-7-14-5-3-2-4-6-14/h2-6,11-13,15H,9-10H2,1H3,(H,22,24)(H,23,25,26). The van der Waals surface area contributed by atoms with Crippen LogP contribution in [0.4, 0.5) is 11.6 Å². The number of rotatable bonds is 3. The van der Waals surface area contributed by atoms with Crippen molar-refractivity contribution in [2.45, 2.75) is 12.8 Å². The number of fused-ring (bicyclic) bond motifs is 1. The predicted molar refractivity (Wildman–Crippen MR) is 103 cm³/mol. The first-order valence-electron chi connectivity index (χ1n) is 8.59. The summed E-state index contributed by atoms with van der Waals surface area (Å²) < 4.78 is 0. The van der Waals surface area contributed by atoms with E-state index in [1.807, 2.05) is 43.4 Å². The molecule has 1 amide bonds. The van der Waals surface area contributed by atoms with Gasteiger partial charge in [0, 0.05) is 41.7 Å². The summed E-state index contributed by atoms with van der Waals surface area (Å²) in [6, 6.07) is 11.7. The number of nitrogens with zero attached hydrogens (tertiary/aromatic N) is 2. The van der Waals surface area contributed by atoms with Gasteiger partial charge in [0.1, 0.15) is 11.6 Å². The number of hydrogen-bond acceptors (Lipinski definition) is 4. The third-order valence-electron chi connectivity index (χ3n) is 4.32. The Morgan fingerprint density at radius 2 is 1.88 bits per heavy atom. The first kappa shape index (κ1) is 16.1. The topological polar surface area (TPSA) is 66.9 Å². The largest absolute Gasteiger partial charge is 0.373 e. The second-order valence-electron chi connectivity index (χ2n) is 6.27. The zero-order chi connectivity index (χ0) is 17.9. The molecule has 0 radical (unpaired) electrons. The summed E-state index contributed by atoms with van der Waals surface area (Å²) in [4.78, 5) is 20.8. The summed E-state index contributed by atoms with van der Waals surface area (Å²) in [6.07, 6.45) is 5.39. The van der Waals surface area contributed by atoms with Gasteiger partial charge in [0.05, 0.1) is 5.56 Å². The minimum absolute atomic E-state index is 0.0386. The van der Waals surface area contributed by atoms with E-state index in [1.54, 1.807) is 12.4 Å². The highest BCUT2D eigenvalue weighted by Crippen LogP contribution is 2.31. The molecular formula is C21H18N4O. The van der Waals surface area contributed by atoms with Crippen LogP contribution in [0.15, 0.2) is 48.8 Å². The summed E-state index contributed by atoms with van der Waals surface area (Å²) in [5.41, 5.74) is 1.74. The van der Waals surface area contributed by atoms with Crippen LogP contribution in [0.25, 0.3) is 10.8 Å². The molecule has 128 valence electrons. The molecule has 4 rings (SSSR count). The van der Waals surface area contributed by atoms with Crippen LogP contribution in [-0.4, -0.2) is 22.9 Å². The number of benzene rings is 1. The average Bonchev–Trinajstić information content (AvgIpc) is 3.52. The lowest BCUT2D eigenvalue weighted by Crippen LogP contribution is -2.14. The van der Waals surface area contributed by atoms with Crippen molar-refractivity contribution < 1.29 is 4.79 Å². The maximum Gasteiger partial charge on any atom is 0.228 e. The summed E-state index contributed by atoms with van der Waals surface area (Å²) >= 11 is 0. The molecule has 0 atom stereocenters. The SMILES string of the molecule is CNc1ncc(C#Cc2ccccc2)c2cc(NC(=O)C3CC3)ncc12. The molecule has 3 aromatic rings. The Labute approximate surface area is 151 Å². The van der Waals surface area contributed by atoms with E-state index in [0.717, 1.165) is 40.6 Å². The molecule has 2 heterocycles. The molecule has 1 aliphatic rings. The third kappa shape index (κ3) is 3.35. The summed E-state index contributed by atoms with van der Waals surface area (Å²) in [6.45, 7) is 0. The van der Waals surface area contributed by atoms with Crippen LogP contribution in [0.3, 0.4) is 0 Å². The van der Waals surface area contributed by atoms with Crippen molar-refractivity contribution in [1.29, 1.82) is 0 Å². The van der Waals surface area contributed by atoms with Crippen LogP contribution in [-0.2, 0) is 4.79 Å². The van der Waals surface area contributed by atoms with E-state index in [0.29, 0.717) is 5.82 Å². The number of aromatic nitrogens is 2. The normalized spacial score (nSPS) is 13.0. The predicted octanol–water partition coefficient (Wildman–Crippen LogP) is 3.42. The number of pyridine rings is 2. The van der Waals surface area contributed by atoms with E-state index < -0.39 is 0 Å². The molecule has 0 aliphatic heterocycles. The first-order chi connectivity index (χ1) is 12.7. The quantitative estimate of drug-likeness (QED) is 0.716. The van der Waals surface area contributed by atoms with Crippen LogP contribution in [0.2, 0.25) is 0 Å². The van der Waals surface area contributed by atoms with Gasteiger partial charge in [0.2, 0.25) is 5.91 Å². The number of nitrogens with one attached hydrogen (secondary N) is 2. The summed E-state index contributed by atoms with van der Waals surface area (Å²) in [7, 11) is 1.82. The van der Waals surface area contributed by atoms with Crippen molar-refractivity contribution >= 4 is 28.3 Å². The van der Waals surface area contributed by atoms with E-state index in [2.05, 4.69) is 32.4 Å². The minimum atomic E-state index is 0.0386. The van der Waals surface area contributed by atoms with Gasteiger partial charge in [-0.2, -0.15) is 0 Å². The second kappa shape index (κ2) is 6.85. The zero-order valence-electron chi connectivity index (χ0n) is 14.4. The zero-order valence-corrected chi connectivity index (χ0v) is 14.4. The monoisotopic (exact) mass is 342 g/mol.